The number of H-pyrrole nitrogens is 1. The van der Waals surface area contributed by atoms with E-state index in [-0.39, 0.29) is 0 Å². The van der Waals surface area contributed by atoms with Crippen LogP contribution in [-0.4, -0.2) is 20.2 Å². The Morgan fingerprint density at radius 3 is 3.33 bits per heavy atom. The number of nitrogens with zero attached hydrogens (tertiary/aromatic N) is 3. The van der Waals surface area contributed by atoms with E-state index in [2.05, 4.69) is 25.7 Å². The van der Waals surface area contributed by atoms with Crippen LogP contribution in [0.25, 0.3) is 0 Å². The van der Waals surface area contributed by atoms with Crippen molar-refractivity contribution < 1.29 is 0 Å². The lowest BCUT2D eigenvalue weighted by Gasteiger charge is -1.90. The first-order valence-corrected chi connectivity index (χ1v) is 5.10. The van der Waals surface area contributed by atoms with E-state index in [1.807, 2.05) is 5.38 Å². The Hall–Kier alpha value is -0.880. The van der Waals surface area contributed by atoms with Gasteiger partial charge in [0, 0.05) is 11.1 Å². The smallest absolute Gasteiger partial charge is 0.183 e. The van der Waals surface area contributed by atoms with Crippen molar-refractivity contribution >= 4 is 23.1 Å². The van der Waals surface area contributed by atoms with Crippen LogP contribution in [0.5, 0.6) is 0 Å². The van der Waals surface area contributed by atoms with Crippen LogP contribution in [0, 0.1) is 5.51 Å². The standard InChI is InChI=1S/C6H5N4S2/c1-5(8-4-11-1)2-12-6-7-3-9-10-6/h1,3H,2H2,(H,7,9,10). The number of thiazole rings is 1. The van der Waals surface area contributed by atoms with Crippen molar-refractivity contribution in [1.29, 1.82) is 0 Å². The fourth-order valence-corrected chi connectivity index (χ4v) is 1.95. The summed E-state index contributed by atoms with van der Waals surface area (Å²) in [5.74, 6) is 0.815. The number of hydrogen-bond acceptors (Lipinski definition) is 5. The van der Waals surface area contributed by atoms with E-state index in [1.165, 1.54) is 17.7 Å². The minimum absolute atomic E-state index is 0.815. The molecule has 0 fully saturated rings. The van der Waals surface area contributed by atoms with Crippen LogP contribution in [0.3, 0.4) is 0 Å². The Morgan fingerprint density at radius 2 is 2.67 bits per heavy atom. The third-order valence-corrected chi connectivity index (χ3v) is 2.68. The number of aromatic amines is 1. The van der Waals surface area contributed by atoms with Crippen molar-refractivity contribution in [3.05, 3.63) is 22.9 Å². The quantitative estimate of drug-likeness (QED) is 0.755. The normalized spacial score (nSPS) is 10.3. The second-order valence-corrected chi connectivity index (χ2v) is 3.63. The summed E-state index contributed by atoms with van der Waals surface area (Å²) >= 11 is 3.06. The minimum atomic E-state index is 0.815. The lowest BCUT2D eigenvalue weighted by atomic mass is 10.6. The molecule has 0 amide bonds. The molecule has 2 heterocycles. The molecule has 4 nitrogen and oxygen atoms in total. The fraction of sp³-hybridized carbons (Fsp3) is 0.167. The second kappa shape index (κ2) is 3.68. The zero-order valence-corrected chi connectivity index (χ0v) is 7.65. The van der Waals surface area contributed by atoms with Crippen LogP contribution in [-0.2, 0) is 5.75 Å². The Kier molecular flexibility index (Phi) is 2.38. The molecule has 0 aliphatic heterocycles. The van der Waals surface area contributed by atoms with Crippen molar-refractivity contribution in [1.82, 2.24) is 20.2 Å². The first-order chi connectivity index (χ1) is 5.95. The van der Waals surface area contributed by atoms with Gasteiger partial charge in [-0.2, -0.15) is 5.10 Å². The monoisotopic (exact) mass is 197 g/mol. The van der Waals surface area contributed by atoms with Gasteiger partial charge in [-0.3, -0.25) is 5.10 Å². The molecule has 0 saturated heterocycles. The summed E-state index contributed by atoms with van der Waals surface area (Å²) in [6.45, 7) is 0. The molecule has 1 N–H and O–H groups in total. The van der Waals surface area contributed by atoms with Gasteiger partial charge in [0.25, 0.3) is 0 Å². The minimum Gasteiger partial charge on any atom is -0.254 e. The predicted molar refractivity (Wildman–Crippen MR) is 46.9 cm³/mol. The zero-order chi connectivity index (χ0) is 8.23. The summed E-state index contributed by atoms with van der Waals surface area (Å²) in [6.07, 6.45) is 1.50. The van der Waals surface area contributed by atoms with Gasteiger partial charge in [-0.1, -0.05) is 11.8 Å². The Morgan fingerprint density at radius 1 is 1.67 bits per heavy atom. The molecule has 0 unspecified atom stereocenters. The van der Waals surface area contributed by atoms with Gasteiger partial charge in [0.2, 0.25) is 0 Å². The highest BCUT2D eigenvalue weighted by atomic mass is 32.2. The van der Waals surface area contributed by atoms with E-state index >= 15 is 0 Å². The molecule has 12 heavy (non-hydrogen) atoms. The SMILES string of the molecule is [c]1nc(CSc2ncn[nH]2)cs1. The molecule has 0 saturated carbocycles. The average Bonchev–Trinajstić information content (AvgIpc) is 2.74. The van der Waals surface area contributed by atoms with Crippen LogP contribution < -0.4 is 0 Å². The molecule has 0 bridgehead atoms. The summed E-state index contributed by atoms with van der Waals surface area (Å²) in [4.78, 5) is 8.00. The molecule has 6 heteroatoms. The van der Waals surface area contributed by atoms with E-state index in [0.717, 1.165) is 16.6 Å². The zero-order valence-electron chi connectivity index (χ0n) is 6.02. The number of aromatic nitrogens is 4. The van der Waals surface area contributed by atoms with Crippen LogP contribution >= 0.6 is 23.1 Å². The Bertz CT molecular complexity index is 281. The summed E-state index contributed by atoms with van der Waals surface area (Å²) in [6, 6.07) is 0. The lowest BCUT2D eigenvalue weighted by Crippen LogP contribution is -1.80. The third kappa shape index (κ3) is 1.83. The van der Waals surface area contributed by atoms with Gasteiger partial charge in [-0.15, -0.1) is 11.3 Å². The van der Waals surface area contributed by atoms with Gasteiger partial charge in [0.05, 0.1) is 5.69 Å². The van der Waals surface area contributed by atoms with Crippen molar-refractivity contribution in [2.24, 2.45) is 0 Å². The van der Waals surface area contributed by atoms with Crippen molar-refractivity contribution in [3.8, 4) is 0 Å². The van der Waals surface area contributed by atoms with Gasteiger partial charge in [0.15, 0.2) is 10.7 Å². The van der Waals surface area contributed by atoms with Gasteiger partial charge in [0.1, 0.15) is 6.33 Å². The molecule has 0 aliphatic carbocycles. The van der Waals surface area contributed by atoms with Crippen molar-refractivity contribution in [2.75, 3.05) is 0 Å². The average molecular weight is 197 g/mol. The molecule has 0 atom stereocenters. The Labute approximate surface area is 77.5 Å². The first kappa shape index (κ1) is 7.75. The van der Waals surface area contributed by atoms with E-state index in [4.69, 9.17) is 0 Å². The Balaban J connectivity index is 1.91. The summed E-state index contributed by atoms with van der Waals surface area (Å²) in [7, 11) is 0. The van der Waals surface area contributed by atoms with E-state index in [0.29, 0.717) is 0 Å². The van der Waals surface area contributed by atoms with Gasteiger partial charge < -0.3 is 0 Å². The molecule has 2 aromatic rings. The number of nitrogens with one attached hydrogen (secondary N) is 1. The predicted octanol–water partition coefficient (Wildman–Crippen LogP) is 1.35. The highest BCUT2D eigenvalue weighted by Crippen LogP contribution is 2.17. The van der Waals surface area contributed by atoms with Gasteiger partial charge in [-0.25, -0.2) is 9.97 Å². The molecule has 61 valence electrons. The number of thioether (sulfide) groups is 1. The summed E-state index contributed by atoms with van der Waals surface area (Å²) in [5, 5.41) is 9.30. The topological polar surface area (TPSA) is 54.5 Å². The molecule has 2 aromatic heterocycles. The first-order valence-electron chi connectivity index (χ1n) is 3.24. The number of hydrogen-bond donors (Lipinski definition) is 1. The summed E-state index contributed by atoms with van der Waals surface area (Å²) < 4.78 is 0. The van der Waals surface area contributed by atoms with E-state index in [9.17, 15) is 0 Å². The highest BCUT2D eigenvalue weighted by Gasteiger charge is 1.99. The maximum Gasteiger partial charge on any atom is 0.183 e. The maximum atomic E-state index is 4.03. The van der Waals surface area contributed by atoms with Crippen LogP contribution in [0.15, 0.2) is 16.9 Å². The second-order valence-electron chi connectivity index (χ2n) is 2.01. The lowest BCUT2D eigenvalue weighted by molar-refractivity contribution is 0.972. The van der Waals surface area contributed by atoms with E-state index in [1.54, 1.807) is 11.8 Å². The van der Waals surface area contributed by atoms with Gasteiger partial charge >= 0.3 is 0 Å². The molecule has 0 spiro atoms. The van der Waals surface area contributed by atoms with Crippen molar-refractivity contribution in [2.45, 2.75) is 10.9 Å². The molecular weight excluding hydrogens is 192 g/mol. The molecule has 0 aromatic carbocycles. The number of rotatable bonds is 3. The van der Waals surface area contributed by atoms with Crippen molar-refractivity contribution in [3.63, 3.8) is 0 Å². The molecule has 0 aliphatic rings. The van der Waals surface area contributed by atoms with E-state index < -0.39 is 0 Å². The maximum absolute atomic E-state index is 4.03. The molecule has 2 rings (SSSR count). The summed E-state index contributed by atoms with van der Waals surface area (Å²) in [5.41, 5.74) is 3.82. The molecular formula is C6H5N4S2. The highest BCUT2D eigenvalue weighted by molar-refractivity contribution is 7.98. The van der Waals surface area contributed by atoms with Crippen LogP contribution in [0.1, 0.15) is 5.69 Å². The third-order valence-electron chi connectivity index (χ3n) is 1.19. The largest absolute Gasteiger partial charge is 0.254 e. The van der Waals surface area contributed by atoms with Gasteiger partial charge in [-0.05, 0) is 0 Å². The van der Waals surface area contributed by atoms with Crippen LogP contribution in [0.4, 0.5) is 0 Å². The fourth-order valence-electron chi connectivity index (χ4n) is 0.678. The molecule has 1 radical (unpaired) electrons. The van der Waals surface area contributed by atoms with Crippen LogP contribution in [0.2, 0.25) is 0 Å².